The highest BCUT2D eigenvalue weighted by Gasteiger charge is 2.24. The molecule has 2 N–H and O–H groups in total. The lowest BCUT2D eigenvalue weighted by Crippen LogP contribution is -2.38. The second kappa shape index (κ2) is 12.5. The molecule has 4 atom stereocenters. The number of methoxy groups -OCH3 is 1. The van der Waals surface area contributed by atoms with Crippen LogP contribution in [0.1, 0.15) is 53.4 Å². The second-order valence-corrected chi connectivity index (χ2v) is 6.13. The molecule has 2 unspecified atom stereocenters. The van der Waals surface area contributed by atoms with Gasteiger partial charge in [-0.3, -0.25) is 9.59 Å². The van der Waals surface area contributed by atoms with Gasteiger partial charge in [0.05, 0.1) is 5.92 Å². The minimum Gasteiger partial charge on any atom is -0.481 e. The fourth-order valence-corrected chi connectivity index (χ4v) is 2.18. The van der Waals surface area contributed by atoms with Crippen LogP contribution in [0, 0.1) is 11.8 Å². The zero-order valence-electron chi connectivity index (χ0n) is 15.7. The van der Waals surface area contributed by atoms with Gasteiger partial charge in [-0.25, -0.2) is 4.79 Å². The summed E-state index contributed by atoms with van der Waals surface area (Å²) in [6.45, 7) is 6.97. The van der Waals surface area contributed by atoms with Gasteiger partial charge in [0, 0.05) is 20.6 Å². The summed E-state index contributed by atoms with van der Waals surface area (Å²) in [4.78, 5) is 33.7. The Kier molecular flexibility index (Phi) is 11.6. The first-order valence-electron chi connectivity index (χ1n) is 8.58. The smallest absolute Gasteiger partial charge is 0.410 e. The van der Waals surface area contributed by atoms with Crippen LogP contribution in [-0.2, 0) is 23.8 Å². The summed E-state index contributed by atoms with van der Waals surface area (Å²) in [5.74, 6) is -1.41. The van der Waals surface area contributed by atoms with Crippen molar-refractivity contribution in [3.63, 3.8) is 0 Å². The molecule has 0 aromatic carbocycles. The number of hydrogen-bond donors (Lipinski definition) is 2. The van der Waals surface area contributed by atoms with Gasteiger partial charge in [-0.2, -0.15) is 0 Å². The molecule has 0 fully saturated rings. The van der Waals surface area contributed by atoms with Crippen LogP contribution in [0.25, 0.3) is 0 Å². The van der Waals surface area contributed by atoms with Gasteiger partial charge in [0.1, 0.15) is 6.10 Å². The van der Waals surface area contributed by atoms with E-state index in [9.17, 15) is 14.4 Å². The molecule has 0 saturated carbocycles. The van der Waals surface area contributed by atoms with E-state index in [1.54, 1.807) is 13.8 Å². The highest BCUT2D eigenvalue weighted by Crippen LogP contribution is 2.18. The van der Waals surface area contributed by atoms with Gasteiger partial charge in [-0.05, 0) is 32.1 Å². The van der Waals surface area contributed by atoms with E-state index in [0.29, 0.717) is 18.9 Å². The number of amides is 1. The van der Waals surface area contributed by atoms with Crippen LogP contribution in [0.5, 0.6) is 0 Å². The maximum absolute atomic E-state index is 11.8. The summed E-state index contributed by atoms with van der Waals surface area (Å²) in [7, 11) is 1.42. The van der Waals surface area contributed by atoms with Crippen LogP contribution in [0.15, 0.2) is 0 Å². The lowest BCUT2D eigenvalue weighted by atomic mass is 9.92. The molecule has 1 amide bonds. The third kappa shape index (κ3) is 10.6. The summed E-state index contributed by atoms with van der Waals surface area (Å²) in [6.07, 6.45) is 0.631. The molecule has 0 bridgehead atoms. The van der Waals surface area contributed by atoms with E-state index in [0.717, 1.165) is 19.3 Å². The van der Waals surface area contributed by atoms with Gasteiger partial charge in [0.25, 0.3) is 6.29 Å². The number of carboxylic acid groups (broad SMARTS) is 1. The van der Waals surface area contributed by atoms with E-state index >= 15 is 0 Å². The largest absolute Gasteiger partial charge is 0.481 e. The third-order valence-corrected chi connectivity index (χ3v) is 4.09. The summed E-state index contributed by atoms with van der Waals surface area (Å²) < 4.78 is 15.0. The molecule has 0 radical (unpaired) electrons. The molecule has 8 heteroatoms. The number of ether oxygens (including phenoxy) is 3. The minimum absolute atomic E-state index is 0.323. The van der Waals surface area contributed by atoms with E-state index in [2.05, 4.69) is 5.32 Å². The molecule has 0 aliphatic carbocycles. The van der Waals surface area contributed by atoms with Gasteiger partial charge in [0.2, 0.25) is 0 Å². The Bertz CT molecular complexity index is 427. The standard InChI is InChI=1S/C17H31NO7/c1-6-14(8-7-11(2)15(20)21)9-10-18-17(22)25-16(12(3)23-5)24-13(4)19/h11-12,14,16H,6-10H2,1-5H3,(H,18,22)(H,20,21)/t11-,12?,14?,16-/m0/s1. The van der Waals surface area contributed by atoms with Crippen molar-refractivity contribution in [3.05, 3.63) is 0 Å². The van der Waals surface area contributed by atoms with Crippen molar-refractivity contribution in [1.29, 1.82) is 0 Å². The van der Waals surface area contributed by atoms with Gasteiger partial charge in [0.15, 0.2) is 0 Å². The number of aliphatic carboxylic acids is 1. The normalized spacial score (nSPS) is 15.6. The Morgan fingerprint density at radius 2 is 1.72 bits per heavy atom. The minimum atomic E-state index is -1.11. The van der Waals surface area contributed by atoms with Crippen molar-refractivity contribution in [2.45, 2.75) is 65.8 Å². The molecule has 0 spiro atoms. The fraction of sp³-hybridized carbons (Fsp3) is 0.824. The molecule has 0 aliphatic heterocycles. The lowest BCUT2D eigenvalue weighted by molar-refractivity contribution is -0.185. The molecule has 25 heavy (non-hydrogen) atoms. The highest BCUT2D eigenvalue weighted by atomic mass is 16.7. The van der Waals surface area contributed by atoms with Crippen LogP contribution in [0.4, 0.5) is 4.79 Å². The Morgan fingerprint density at radius 1 is 1.08 bits per heavy atom. The van der Waals surface area contributed by atoms with E-state index in [-0.39, 0.29) is 5.92 Å². The molecule has 0 saturated heterocycles. The van der Waals surface area contributed by atoms with Gasteiger partial charge < -0.3 is 24.6 Å². The predicted octanol–water partition coefficient (Wildman–Crippen LogP) is 2.55. The van der Waals surface area contributed by atoms with Crippen molar-refractivity contribution in [1.82, 2.24) is 5.32 Å². The summed E-state index contributed by atoms with van der Waals surface area (Å²) in [6, 6.07) is 0. The van der Waals surface area contributed by atoms with Crippen LogP contribution in [0.2, 0.25) is 0 Å². The summed E-state index contributed by atoms with van der Waals surface area (Å²) >= 11 is 0. The molecule has 0 aromatic rings. The lowest BCUT2D eigenvalue weighted by Gasteiger charge is -2.22. The Hall–Kier alpha value is -1.83. The topological polar surface area (TPSA) is 111 Å². The second-order valence-electron chi connectivity index (χ2n) is 6.13. The average molecular weight is 361 g/mol. The Morgan fingerprint density at radius 3 is 2.20 bits per heavy atom. The van der Waals surface area contributed by atoms with E-state index < -0.39 is 30.4 Å². The maximum Gasteiger partial charge on any atom is 0.410 e. The zero-order chi connectivity index (χ0) is 19.4. The number of carbonyl (C=O) groups is 3. The number of hydrogen-bond acceptors (Lipinski definition) is 6. The van der Waals surface area contributed by atoms with Gasteiger partial charge in [-0.1, -0.05) is 20.3 Å². The SMILES string of the molecule is CCC(CCNC(=O)O[C@H](OC(C)=O)C(C)OC)CC[C@H](C)C(=O)O. The first kappa shape index (κ1) is 23.2. The molecule has 0 rings (SSSR count). The average Bonchev–Trinajstić information content (AvgIpc) is 2.55. The Balaban J connectivity index is 4.24. The van der Waals surface area contributed by atoms with Crippen LogP contribution < -0.4 is 5.32 Å². The van der Waals surface area contributed by atoms with Crippen LogP contribution in [0.3, 0.4) is 0 Å². The number of nitrogens with one attached hydrogen (secondary N) is 1. The van der Waals surface area contributed by atoms with Crippen molar-refractivity contribution >= 4 is 18.0 Å². The predicted molar refractivity (Wildman–Crippen MR) is 90.9 cm³/mol. The van der Waals surface area contributed by atoms with Gasteiger partial charge >= 0.3 is 18.0 Å². The van der Waals surface area contributed by atoms with E-state index in [1.165, 1.54) is 14.0 Å². The third-order valence-electron chi connectivity index (χ3n) is 4.09. The van der Waals surface area contributed by atoms with Crippen LogP contribution >= 0.6 is 0 Å². The van der Waals surface area contributed by atoms with E-state index in [4.69, 9.17) is 19.3 Å². The molecule has 0 heterocycles. The zero-order valence-corrected chi connectivity index (χ0v) is 15.7. The van der Waals surface area contributed by atoms with Crippen LogP contribution in [-0.4, -0.2) is 49.2 Å². The molecule has 146 valence electrons. The number of carboxylic acids is 1. The molecule has 0 aromatic heterocycles. The Labute approximate surface area is 149 Å². The molecular formula is C17H31NO7. The highest BCUT2D eigenvalue weighted by molar-refractivity contribution is 5.69. The van der Waals surface area contributed by atoms with Crippen molar-refractivity contribution in [3.8, 4) is 0 Å². The first-order valence-corrected chi connectivity index (χ1v) is 8.58. The number of esters is 1. The summed E-state index contributed by atoms with van der Waals surface area (Å²) in [5.41, 5.74) is 0. The number of rotatable bonds is 12. The quantitative estimate of drug-likeness (QED) is 0.406. The first-order chi connectivity index (χ1) is 11.7. The number of carbonyl (C=O) groups excluding carboxylic acids is 2. The van der Waals surface area contributed by atoms with Crippen molar-refractivity contribution in [2.24, 2.45) is 11.8 Å². The molecular weight excluding hydrogens is 330 g/mol. The molecule has 0 aliphatic rings. The fourth-order valence-electron chi connectivity index (χ4n) is 2.18. The van der Waals surface area contributed by atoms with Crippen molar-refractivity contribution < 1.29 is 33.7 Å². The summed E-state index contributed by atoms with van der Waals surface area (Å²) in [5, 5.41) is 11.5. The van der Waals surface area contributed by atoms with Gasteiger partial charge in [-0.15, -0.1) is 0 Å². The maximum atomic E-state index is 11.8. The molecule has 8 nitrogen and oxygen atoms in total. The van der Waals surface area contributed by atoms with E-state index in [1.807, 2.05) is 6.92 Å². The number of alkyl carbamates (subject to hydrolysis) is 1. The van der Waals surface area contributed by atoms with Crippen molar-refractivity contribution in [2.75, 3.05) is 13.7 Å². The monoisotopic (exact) mass is 361 g/mol.